The van der Waals surface area contributed by atoms with Gasteiger partial charge >= 0.3 is 5.97 Å². The quantitative estimate of drug-likeness (QED) is 0.306. The van der Waals surface area contributed by atoms with Gasteiger partial charge in [0.2, 0.25) is 0 Å². The third-order valence-corrected chi connectivity index (χ3v) is 8.79. The molecule has 0 spiro atoms. The van der Waals surface area contributed by atoms with Crippen LogP contribution >= 0.6 is 11.3 Å². The van der Waals surface area contributed by atoms with Crippen LogP contribution in [0.4, 0.5) is 11.4 Å². The smallest absolute Gasteiger partial charge is 0.351 e. The van der Waals surface area contributed by atoms with Crippen LogP contribution in [0.3, 0.4) is 0 Å². The zero-order valence-corrected chi connectivity index (χ0v) is 23.4. The number of nitrogens with zero attached hydrogens (tertiary/aromatic N) is 3. The summed E-state index contributed by atoms with van der Waals surface area (Å²) in [4.78, 5) is 28.3. The van der Waals surface area contributed by atoms with Crippen LogP contribution in [-0.4, -0.2) is 30.3 Å². The van der Waals surface area contributed by atoms with Crippen molar-refractivity contribution in [3.05, 3.63) is 73.1 Å². The number of aromatic nitrogens is 1. The second kappa shape index (κ2) is 11.5. The van der Waals surface area contributed by atoms with Gasteiger partial charge in [0.25, 0.3) is 5.56 Å². The summed E-state index contributed by atoms with van der Waals surface area (Å²) in [6.45, 7) is 4.45. The van der Waals surface area contributed by atoms with E-state index in [1.165, 1.54) is 33.6 Å². The standard InChI is InChI=1S/C31H33N3O4S/c1-4-6-16-38-31(36)25(19-32)30-33(5-2)29(35)28(39-30)18-20-10-15-27-24(17-20)23-8-7-9-26(23)34(27)21-11-13-22(37-3)14-12-21/h10-15,17-18,23,26H,4-9,16H2,1-3H3. The van der Waals surface area contributed by atoms with E-state index in [9.17, 15) is 14.9 Å². The van der Waals surface area contributed by atoms with Crippen molar-refractivity contribution in [3.8, 4) is 11.8 Å². The summed E-state index contributed by atoms with van der Waals surface area (Å²) in [5.74, 6) is 0.604. The Labute approximate surface area is 232 Å². The molecular formula is C31H33N3O4S. The molecule has 7 nitrogen and oxygen atoms in total. The lowest BCUT2D eigenvalue weighted by Crippen LogP contribution is -2.32. The molecule has 2 aromatic carbocycles. The molecule has 0 radical (unpaired) electrons. The van der Waals surface area contributed by atoms with Crippen molar-refractivity contribution < 1.29 is 14.3 Å². The van der Waals surface area contributed by atoms with E-state index in [4.69, 9.17) is 9.47 Å². The lowest BCUT2D eigenvalue weighted by Gasteiger charge is -2.27. The molecule has 5 rings (SSSR count). The van der Waals surface area contributed by atoms with E-state index in [2.05, 4.69) is 29.2 Å². The van der Waals surface area contributed by atoms with Gasteiger partial charge in [0.15, 0.2) is 5.57 Å². The Morgan fingerprint density at radius 2 is 1.97 bits per heavy atom. The first kappa shape index (κ1) is 26.8. The van der Waals surface area contributed by atoms with E-state index in [1.807, 2.05) is 44.2 Å². The van der Waals surface area contributed by atoms with Crippen molar-refractivity contribution in [3.63, 3.8) is 0 Å². The number of carbonyl (C=O) groups is 1. The number of thiazole rings is 1. The van der Waals surface area contributed by atoms with Crippen LogP contribution in [0.1, 0.15) is 63.0 Å². The molecule has 39 heavy (non-hydrogen) atoms. The predicted molar refractivity (Wildman–Crippen MR) is 154 cm³/mol. The normalized spacial score (nSPS) is 18.9. The van der Waals surface area contributed by atoms with E-state index >= 15 is 0 Å². The van der Waals surface area contributed by atoms with Crippen LogP contribution in [0.5, 0.6) is 5.75 Å². The summed E-state index contributed by atoms with van der Waals surface area (Å²) < 4.78 is 13.0. The molecular weight excluding hydrogens is 510 g/mol. The van der Waals surface area contributed by atoms with Crippen molar-refractivity contribution >= 4 is 40.3 Å². The van der Waals surface area contributed by atoms with Gasteiger partial charge in [-0.25, -0.2) is 4.79 Å². The minimum Gasteiger partial charge on any atom is -0.497 e. The average molecular weight is 544 g/mol. The number of hydrogen-bond acceptors (Lipinski definition) is 7. The van der Waals surface area contributed by atoms with E-state index in [1.54, 1.807) is 7.11 Å². The molecule has 1 aliphatic heterocycles. The van der Waals surface area contributed by atoms with Crippen molar-refractivity contribution in [2.45, 2.75) is 64.5 Å². The molecule has 1 saturated carbocycles. The molecule has 2 aliphatic rings. The van der Waals surface area contributed by atoms with Gasteiger partial charge in [0.1, 0.15) is 16.5 Å². The first-order valence-electron chi connectivity index (χ1n) is 13.6. The molecule has 202 valence electrons. The van der Waals surface area contributed by atoms with Gasteiger partial charge in [-0.1, -0.05) is 25.8 Å². The molecule has 0 amide bonds. The number of unbranched alkanes of at least 4 members (excludes halogenated alkanes) is 1. The maximum atomic E-state index is 13.3. The second-order valence-electron chi connectivity index (χ2n) is 9.93. The van der Waals surface area contributed by atoms with E-state index < -0.39 is 5.97 Å². The maximum absolute atomic E-state index is 13.3. The number of benzene rings is 2. The number of carbonyl (C=O) groups excluding carboxylic acids is 1. The topological polar surface area (TPSA) is 84.6 Å². The van der Waals surface area contributed by atoms with Crippen molar-refractivity contribution in [1.29, 1.82) is 5.26 Å². The Morgan fingerprint density at radius 3 is 2.67 bits per heavy atom. The molecule has 8 heteroatoms. The highest BCUT2D eigenvalue weighted by atomic mass is 32.1. The van der Waals surface area contributed by atoms with Gasteiger partial charge in [-0.05, 0) is 79.8 Å². The van der Waals surface area contributed by atoms with Crippen LogP contribution in [-0.2, 0) is 16.1 Å². The van der Waals surface area contributed by atoms with Crippen molar-refractivity contribution in [2.24, 2.45) is 0 Å². The third kappa shape index (κ3) is 4.99. The number of nitriles is 1. The molecule has 1 aromatic heterocycles. The van der Waals surface area contributed by atoms with Crippen molar-refractivity contribution in [2.75, 3.05) is 18.6 Å². The summed E-state index contributed by atoms with van der Waals surface area (Å²) in [6.07, 6.45) is 6.95. The molecule has 1 fully saturated rings. The molecule has 3 aromatic rings. The molecule has 2 heterocycles. The van der Waals surface area contributed by atoms with Gasteiger partial charge in [-0.3, -0.25) is 9.36 Å². The number of rotatable bonds is 8. The maximum Gasteiger partial charge on any atom is 0.351 e. The summed E-state index contributed by atoms with van der Waals surface area (Å²) in [5.41, 5.74) is 4.28. The van der Waals surface area contributed by atoms with Crippen molar-refractivity contribution in [1.82, 2.24) is 4.57 Å². The highest BCUT2D eigenvalue weighted by Gasteiger charge is 2.42. The Morgan fingerprint density at radius 1 is 1.18 bits per heavy atom. The van der Waals surface area contributed by atoms with Crippen LogP contribution in [0.25, 0.3) is 11.6 Å². The molecule has 0 N–H and O–H groups in total. The number of esters is 1. The van der Waals surface area contributed by atoms with Gasteiger partial charge in [0.05, 0.1) is 18.2 Å². The molecule has 2 unspecified atom stereocenters. The minimum absolute atomic E-state index is 0.118. The fourth-order valence-electron chi connectivity index (χ4n) is 5.75. The molecule has 2 atom stereocenters. The van der Waals surface area contributed by atoms with E-state index in [0.717, 1.165) is 42.7 Å². The molecule has 0 bridgehead atoms. The first-order chi connectivity index (χ1) is 19.0. The average Bonchev–Trinajstić information content (AvgIpc) is 3.63. The zero-order chi connectivity index (χ0) is 27.5. The van der Waals surface area contributed by atoms with Gasteiger partial charge < -0.3 is 14.4 Å². The highest BCUT2D eigenvalue weighted by Crippen LogP contribution is 2.52. The number of ether oxygens (including phenoxy) is 2. The van der Waals surface area contributed by atoms with Gasteiger partial charge in [0, 0.05) is 29.9 Å². The lowest BCUT2D eigenvalue weighted by molar-refractivity contribution is -0.136. The Hall–Kier alpha value is -3.83. The van der Waals surface area contributed by atoms with E-state index in [0.29, 0.717) is 27.7 Å². The van der Waals surface area contributed by atoms with Crippen LogP contribution in [0.2, 0.25) is 0 Å². The van der Waals surface area contributed by atoms with E-state index in [-0.39, 0.29) is 17.7 Å². The number of fused-ring (bicyclic) bond motifs is 3. The summed E-state index contributed by atoms with van der Waals surface area (Å²) in [5, 5.41) is 9.74. The van der Waals surface area contributed by atoms with Crippen LogP contribution in [0, 0.1) is 11.3 Å². The third-order valence-electron chi connectivity index (χ3n) is 7.65. The largest absolute Gasteiger partial charge is 0.497 e. The summed E-state index contributed by atoms with van der Waals surface area (Å²) in [7, 11) is 1.68. The number of hydrogen-bond donors (Lipinski definition) is 0. The molecule has 0 saturated heterocycles. The predicted octanol–water partition coefficient (Wildman–Crippen LogP) is 4.57. The Kier molecular flexibility index (Phi) is 7.89. The van der Waals surface area contributed by atoms with Crippen LogP contribution < -0.4 is 24.4 Å². The SMILES string of the molecule is CCCCOC(=O)C(C#N)=c1sc(=Cc2ccc3c(c2)C2CCCC2N3c2ccc(OC)cc2)c(=O)n1CC. The van der Waals surface area contributed by atoms with Crippen LogP contribution in [0.15, 0.2) is 47.3 Å². The number of methoxy groups -OCH3 is 1. The van der Waals surface area contributed by atoms with Gasteiger partial charge in [-0.2, -0.15) is 5.26 Å². The Bertz CT molecular complexity index is 1600. The fraction of sp³-hybridized carbons (Fsp3) is 0.387. The zero-order valence-electron chi connectivity index (χ0n) is 22.6. The Balaban J connectivity index is 1.55. The summed E-state index contributed by atoms with van der Waals surface area (Å²) >= 11 is 1.17. The fourth-order valence-corrected chi connectivity index (χ4v) is 6.90. The minimum atomic E-state index is -0.677. The summed E-state index contributed by atoms with van der Waals surface area (Å²) in [6, 6.07) is 17.0. The lowest BCUT2D eigenvalue weighted by atomic mass is 9.96. The second-order valence-corrected chi connectivity index (χ2v) is 11.0. The van der Waals surface area contributed by atoms with Gasteiger partial charge in [-0.15, -0.1) is 11.3 Å². The first-order valence-corrected chi connectivity index (χ1v) is 14.4. The molecule has 1 aliphatic carbocycles. The highest BCUT2D eigenvalue weighted by molar-refractivity contribution is 7.07. The monoisotopic (exact) mass is 543 g/mol. The number of anilines is 2.